The Balaban J connectivity index is 1.40. The number of hydrogen-bond donors (Lipinski definition) is 3. The van der Waals surface area contributed by atoms with Crippen molar-refractivity contribution in [3.63, 3.8) is 0 Å². The van der Waals surface area contributed by atoms with Gasteiger partial charge in [0.1, 0.15) is 5.75 Å². The summed E-state index contributed by atoms with van der Waals surface area (Å²) in [7, 11) is -1.68. The predicted molar refractivity (Wildman–Crippen MR) is 156 cm³/mol. The van der Waals surface area contributed by atoms with E-state index in [0.717, 1.165) is 44.1 Å². The second-order valence-corrected chi connectivity index (χ2v) is 11.2. The molecule has 1 aliphatic carbocycles. The standard InChI is InChI=1S/C32H38BNO6/c1-3-8-20(16-21-10-5-6-13-27(21)35)14-15-28-29-22(9-4-2)17-25-30(26(29)19-40-28)32(37)34(31(25)36)24-12-7-11-23(18-24)33(38)39/h5-7,10-13,16,18,25-26,28,30,35,38-39H,3-4,8-9,14-15,17,19H2,1-2H3/b20-16+/t25-,26+,28-,30-/m1/s1. The first-order chi connectivity index (χ1) is 19.3. The topological polar surface area (TPSA) is 107 Å². The van der Waals surface area contributed by atoms with Crippen molar-refractivity contribution in [1.82, 2.24) is 0 Å². The molecule has 4 atom stereocenters. The molecule has 2 fully saturated rings. The molecular weight excluding hydrogens is 505 g/mol. The summed E-state index contributed by atoms with van der Waals surface area (Å²) in [4.78, 5) is 28.7. The Morgan fingerprint density at radius 3 is 2.55 bits per heavy atom. The van der Waals surface area contributed by atoms with Crippen LogP contribution in [-0.4, -0.2) is 46.8 Å². The number of nitrogens with zero attached hydrogens (tertiary/aromatic N) is 1. The highest BCUT2D eigenvalue weighted by atomic mass is 16.5. The van der Waals surface area contributed by atoms with Crippen molar-refractivity contribution in [3.05, 3.63) is 70.8 Å². The second kappa shape index (κ2) is 12.1. The molecule has 40 heavy (non-hydrogen) atoms. The van der Waals surface area contributed by atoms with Crippen LogP contribution in [0.2, 0.25) is 0 Å². The number of carbonyl (C=O) groups is 2. The summed E-state index contributed by atoms with van der Waals surface area (Å²) in [5.41, 5.74) is 5.15. The number of amides is 2. The SMILES string of the molecule is CCCC1=C2[C@@H](CC/C(=C/c3ccccc3O)CCC)OC[C@@H]2[C@@H]2C(=O)N(c3cccc(B(O)O)c3)C(=O)[C@@H]2C1. The first-order valence-electron chi connectivity index (χ1n) is 14.5. The Morgan fingerprint density at radius 1 is 1.02 bits per heavy atom. The molecule has 2 saturated heterocycles. The summed E-state index contributed by atoms with van der Waals surface area (Å²) in [5.74, 6) is -1.20. The Bertz CT molecular complexity index is 1330. The van der Waals surface area contributed by atoms with Crippen LogP contribution in [-0.2, 0) is 14.3 Å². The highest BCUT2D eigenvalue weighted by Gasteiger charge is 2.57. The third-order valence-electron chi connectivity index (χ3n) is 8.58. The number of rotatable bonds is 10. The number of imide groups is 1. The normalized spacial score (nSPS) is 24.5. The summed E-state index contributed by atoms with van der Waals surface area (Å²) in [6.45, 7) is 4.70. The fourth-order valence-electron chi connectivity index (χ4n) is 6.83. The second-order valence-electron chi connectivity index (χ2n) is 11.2. The lowest BCUT2D eigenvalue weighted by Gasteiger charge is -2.32. The van der Waals surface area contributed by atoms with Crippen molar-refractivity contribution in [2.45, 2.75) is 64.9 Å². The van der Waals surface area contributed by atoms with E-state index in [0.29, 0.717) is 18.7 Å². The maximum Gasteiger partial charge on any atom is 0.488 e. The average molecular weight is 543 g/mol. The van der Waals surface area contributed by atoms with Gasteiger partial charge < -0.3 is 19.9 Å². The van der Waals surface area contributed by atoms with Gasteiger partial charge in [-0.2, -0.15) is 0 Å². The molecule has 3 N–H and O–H groups in total. The van der Waals surface area contributed by atoms with Gasteiger partial charge in [-0.3, -0.25) is 14.5 Å². The molecule has 0 unspecified atom stereocenters. The summed E-state index contributed by atoms with van der Waals surface area (Å²) >= 11 is 0. The molecule has 210 valence electrons. The Kier molecular flexibility index (Phi) is 8.59. The van der Waals surface area contributed by atoms with Crippen molar-refractivity contribution in [2.24, 2.45) is 17.8 Å². The van der Waals surface area contributed by atoms with Crippen LogP contribution < -0.4 is 10.4 Å². The zero-order valence-corrected chi connectivity index (χ0v) is 23.3. The lowest BCUT2D eigenvalue weighted by molar-refractivity contribution is -0.122. The van der Waals surface area contributed by atoms with Crippen LogP contribution in [0, 0.1) is 17.8 Å². The Hall–Kier alpha value is -3.20. The van der Waals surface area contributed by atoms with Crippen molar-refractivity contribution in [3.8, 4) is 5.75 Å². The van der Waals surface area contributed by atoms with E-state index >= 15 is 0 Å². The van der Waals surface area contributed by atoms with E-state index in [9.17, 15) is 24.7 Å². The van der Waals surface area contributed by atoms with E-state index in [4.69, 9.17) is 4.74 Å². The summed E-state index contributed by atoms with van der Waals surface area (Å²) < 4.78 is 6.38. The van der Waals surface area contributed by atoms with Crippen molar-refractivity contribution in [1.29, 1.82) is 0 Å². The van der Waals surface area contributed by atoms with E-state index in [1.165, 1.54) is 27.7 Å². The van der Waals surface area contributed by atoms with E-state index in [2.05, 4.69) is 19.9 Å². The van der Waals surface area contributed by atoms with Gasteiger partial charge in [0.2, 0.25) is 11.8 Å². The number of phenolic OH excluding ortho intramolecular Hbond substituents is 1. The van der Waals surface area contributed by atoms with Gasteiger partial charge in [-0.05, 0) is 61.3 Å². The van der Waals surface area contributed by atoms with Gasteiger partial charge in [0.15, 0.2) is 0 Å². The Labute approximate surface area is 236 Å². The molecule has 0 bridgehead atoms. The molecular formula is C32H38BNO6. The van der Waals surface area contributed by atoms with Crippen LogP contribution in [0.4, 0.5) is 5.69 Å². The van der Waals surface area contributed by atoms with Crippen molar-refractivity contribution < 1.29 is 29.5 Å². The van der Waals surface area contributed by atoms with Crippen LogP contribution in [0.3, 0.4) is 0 Å². The van der Waals surface area contributed by atoms with Crippen LogP contribution in [0.15, 0.2) is 65.3 Å². The minimum atomic E-state index is -1.68. The molecule has 3 aliphatic rings. The third-order valence-corrected chi connectivity index (χ3v) is 8.58. The minimum absolute atomic E-state index is 0.0954. The van der Waals surface area contributed by atoms with Gasteiger partial charge in [0.05, 0.1) is 30.2 Å². The number of para-hydroxylation sites is 1. The lowest BCUT2D eigenvalue weighted by atomic mass is 9.68. The van der Waals surface area contributed by atoms with Gasteiger partial charge in [-0.25, -0.2) is 0 Å². The number of benzene rings is 2. The van der Waals surface area contributed by atoms with Crippen molar-refractivity contribution in [2.75, 3.05) is 11.5 Å². The van der Waals surface area contributed by atoms with Gasteiger partial charge in [0.25, 0.3) is 0 Å². The fraction of sp³-hybridized carbons (Fsp3) is 0.438. The maximum absolute atomic E-state index is 13.8. The van der Waals surface area contributed by atoms with Gasteiger partial charge in [-0.1, -0.05) is 74.2 Å². The van der Waals surface area contributed by atoms with Crippen LogP contribution >= 0.6 is 0 Å². The smallest absolute Gasteiger partial charge is 0.488 e. The molecule has 2 heterocycles. The van der Waals surface area contributed by atoms with Gasteiger partial charge in [-0.15, -0.1) is 0 Å². The largest absolute Gasteiger partial charge is 0.507 e. The van der Waals surface area contributed by atoms with Crippen LogP contribution in [0.1, 0.15) is 64.4 Å². The quantitative estimate of drug-likeness (QED) is 0.234. The molecule has 5 rings (SSSR count). The number of fused-ring (bicyclic) bond motifs is 3. The van der Waals surface area contributed by atoms with E-state index in [1.54, 1.807) is 24.3 Å². The molecule has 0 aromatic heterocycles. The minimum Gasteiger partial charge on any atom is -0.507 e. The summed E-state index contributed by atoms with van der Waals surface area (Å²) in [5, 5.41) is 29.5. The molecule has 2 aromatic carbocycles. The number of phenols is 1. The van der Waals surface area contributed by atoms with E-state index in [-0.39, 0.29) is 35.0 Å². The Morgan fingerprint density at radius 2 is 1.82 bits per heavy atom. The zero-order valence-electron chi connectivity index (χ0n) is 23.3. The molecule has 7 nitrogen and oxygen atoms in total. The van der Waals surface area contributed by atoms with E-state index in [1.807, 2.05) is 18.2 Å². The number of anilines is 1. The molecule has 8 heteroatoms. The summed E-state index contributed by atoms with van der Waals surface area (Å²) in [6.07, 6.45) is 7.92. The first kappa shape index (κ1) is 28.3. The van der Waals surface area contributed by atoms with Crippen molar-refractivity contribution >= 4 is 36.2 Å². The monoisotopic (exact) mass is 543 g/mol. The molecule has 0 radical (unpaired) electrons. The zero-order chi connectivity index (χ0) is 28.4. The number of ether oxygens (including phenoxy) is 1. The highest BCUT2D eigenvalue weighted by Crippen LogP contribution is 2.51. The van der Waals surface area contributed by atoms with Gasteiger partial charge >= 0.3 is 7.12 Å². The van der Waals surface area contributed by atoms with Crippen LogP contribution in [0.5, 0.6) is 5.75 Å². The van der Waals surface area contributed by atoms with Gasteiger partial charge in [0, 0.05) is 11.5 Å². The first-order valence-corrected chi connectivity index (χ1v) is 14.5. The lowest BCUT2D eigenvalue weighted by Crippen LogP contribution is -2.35. The average Bonchev–Trinajstić information content (AvgIpc) is 3.47. The molecule has 2 aromatic rings. The highest BCUT2D eigenvalue weighted by molar-refractivity contribution is 6.58. The number of allylic oxidation sites excluding steroid dienone is 2. The fourth-order valence-corrected chi connectivity index (χ4v) is 6.83. The van der Waals surface area contributed by atoms with Crippen LogP contribution in [0.25, 0.3) is 6.08 Å². The number of carbonyl (C=O) groups excluding carboxylic acids is 2. The van der Waals surface area contributed by atoms with E-state index < -0.39 is 19.0 Å². The number of aromatic hydroxyl groups is 1. The summed E-state index contributed by atoms with van der Waals surface area (Å²) in [6, 6.07) is 13.7. The molecule has 2 amide bonds. The third kappa shape index (κ3) is 5.40. The maximum atomic E-state index is 13.8. The molecule has 0 saturated carbocycles. The number of hydrogen-bond acceptors (Lipinski definition) is 6. The molecule has 2 aliphatic heterocycles. The molecule has 0 spiro atoms. The predicted octanol–water partition coefficient (Wildman–Crippen LogP) is 4.36.